The van der Waals surface area contributed by atoms with E-state index in [1.165, 1.54) is 115 Å². The fourth-order valence-electron chi connectivity index (χ4n) is 15.1. The van der Waals surface area contributed by atoms with Gasteiger partial charge in [-0.25, -0.2) is 4.98 Å². The molecule has 0 amide bonds. The van der Waals surface area contributed by atoms with Crippen LogP contribution in [0, 0.1) is 0 Å². The first-order valence-electron chi connectivity index (χ1n) is 33.7. The number of benzene rings is 16. The zero-order chi connectivity index (χ0) is 65.3. The van der Waals surface area contributed by atoms with Crippen LogP contribution in [0.3, 0.4) is 0 Å². The average Bonchev–Trinajstić information content (AvgIpc) is 1.55. The van der Waals surface area contributed by atoms with Gasteiger partial charge >= 0.3 is 0 Å². The zero-order valence-electron chi connectivity index (χ0n) is 53.8. The molecule has 20 aromatic rings. The molecule has 16 aromatic carbocycles. The van der Waals surface area contributed by atoms with Gasteiger partial charge in [-0.2, -0.15) is 9.97 Å². The third kappa shape index (κ3) is 9.84. The minimum absolute atomic E-state index is 0.572. The van der Waals surface area contributed by atoms with Crippen LogP contribution in [0.15, 0.2) is 364 Å². The lowest BCUT2D eigenvalue weighted by atomic mass is 9.91. The molecule has 0 aliphatic rings. The maximum atomic E-state index is 5.24. The minimum Gasteiger partial charge on any atom is -0.309 e. The van der Waals surface area contributed by atoms with E-state index in [1.54, 1.807) is 0 Å². The molecule has 0 saturated carbocycles. The van der Waals surface area contributed by atoms with Crippen molar-refractivity contribution in [1.82, 2.24) is 28.7 Å². The first kappa shape index (κ1) is 57.2. The number of hydrogen-bond donors (Lipinski definition) is 0. The average molecular weight is 1260 g/mol. The number of para-hydroxylation sites is 4. The van der Waals surface area contributed by atoms with Gasteiger partial charge in [-0.1, -0.05) is 303 Å². The Morgan fingerprint density at radius 3 is 0.919 bits per heavy atom. The molecule has 99 heavy (non-hydrogen) atoms. The van der Waals surface area contributed by atoms with Gasteiger partial charge in [-0.05, 0) is 137 Å². The summed E-state index contributed by atoms with van der Waals surface area (Å²) in [5, 5.41) is 15.0. The fraction of sp³-hybridized carbons (Fsp3) is 0. The molecule has 462 valence electrons. The highest BCUT2D eigenvalue weighted by atomic mass is 15.2. The SMILES string of the molecule is c1cc(-c2ccc(-n3c4ccccc4c4ccccc43)cc2)cc(-c2ccc3c4ccccc4c4ccccc4c3c2)c1.c1ccc(-c2ccc(-c3ccc(-n4c5ccccc5c5ccc6c7ccccc7n(-c7nc(-c8ccccc8)nc(-c8ccccc8)n7)c6c54)cc3)cc2)cc1. The van der Waals surface area contributed by atoms with Crippen molar-refractivity contribution in [2.24, 2.45) is 0 Å². The molecule has 4 heterocycles. The van der Waals surface area contributed by atoms with Crippen LogP contribution < -0.4 is 0 Å². The Morgan fingerprint density at radius 1 is 0.162 bits per heavy atom. The normalized spacial score (nSPS) is 11.6. The summed E-state index contributed by atoms with van der Waals surface area (Å²) in [4.78, 5) is 15.5. The van der Waals surface area contributed by atoms with Gasteiger partial charge in [-0.3, -0.25) is 4.57 Å². The first-order chi connectivity index (χ1) is 49.1. The van der Waals surface area contributed by atoms with Gasteiger partial charge in [0.25, 0.3) is 0 Å². The third-order valence-electron chi connectivity index (χ3n) is 19.8. The van der Waals surface area contributed by atoms with Gasteiger partial charge in [0, 0.05) is 54.8 Å². The molecule has 0 radical (unpaired) electrons. The van der Waals surface area contributed by atoms with Crippen molar-refractivity contribution in [2.45, 2.75) is 0 Å². The van der Waals surface area contributed by atoms with Crippen LogP contribution in [0.5, 0.6) is 0 Å². The van der Waals surface area contributed by atoms with Gasteiger partial charge in [0.15, 0.2) is 11.6 Å². The predicted molar refractivity (Wildman–Crippen MR) is 414 cm³/mol. The zero-order valence-corrected chi connectivity index (χ0v) is 53.8. The summed E-state index contributed by atoms with van der Waals surface area (Å²) in [5.74, 6) is 1.82. The molecule has 6 nitrogen and oxygen atoms in total. The van der Waals surface area contributed by atoms with Crippen LogP contribution in [-0.2, 0) is 0 Å². The van der Waals surface area contributed by atoms with E-state index in [-0.39, 0.29) is 0 Å². The molecule has 0 atom stereocenters. The van der Waals surface area contributed by atoms with Gasteiger partial charge in [0.2, 0.25) is 5.95 Å². The highest BCUT2D eigenvalue weighted by Crippen LogP contribution is 2.44. The molecule has 0 aliphatic carbocycles. The second-order valence-corrected chi connectivity index (χ2v) is 25.4. The second kappa shape index (κ2) is 23.9. The fourth-order valence-corrected chi connectivity index (χ4v) is 15.1. The van der Waals surface area contributed by atoms with Crippen molar-refractivity contribution in [3.8, 4) is 84.6 Å². The number of fused-ring (bicyclic) bond motifs is 16. The van der Waals surface area contributed by atoms with E-state index in [0.29, 0.717) is 17.6 Å². The van der Waals surface area contributed by atoms with Crippen LogP contribution in [0.25, 0.3) is 182 Å². The van der Waals surface area contributed by atoms with E-state index in [4.69, 9.17) is 15.0 Å². The van der Waals surface area contributed by atoms with Crippen molar-refractivity contribution >= 4 is 97.7 Å². The van der Waals surface area contributed by atoms with Gasteiger partial charge in [0.1, 0.15) is 0 Å². The lowest BCUT2D eigenvalue weighted by Gasteiger charge is -2.13. The third-order valence-corrected chi connectivity index (χ3v) is 19.8. The van der Waals surface area contributed by atoms with Gasteiger partial charge in [-0.15, -0.1) is 0 Å². The molecule has 0 spiro atoms. The van der Waals surface area contributed by atoms with E-state index in [0.717, 1.165) is 49.7 Å². The molecule has 0 fully saturated rings. The lowest BCUT2D eigenvalue weighted by molar-refractivity contribution is 0.953. The van der Waals surface area contributed by atoms with Crippen LogP contribution in [0.4, 0.5) is 0 Å². The molecular weight excluding hydrogens is 1200 g/mol. The van der Waals surface area contributed by atoms with E-state index in [2.05, 4.69) is 341 Å². The Morgan fingerprint density at radius 2 is 0.444 bits per heavy atom. The Hall–Kier alpha value is -13.3. The Balaban J connectivity index is 0.000000143. The predicted octanol–water partition coefficient (Wildman–Crippen LogP) is 24.3. The van der Waals surface area contributed by atoms with Crippen molar-refractivity contribution in [3.05, 3.63) is 364 Å². The molecule has 0 saturated heterocycles. The first-order valence-corrected chi connectivity index (χ1v) is 33.7. The number of nitrogens with zero attached hydrogens (tertiary/aromatic N) is 6. The molecule has 0 unspecified atom stereocenters. The standard InChI is InChI=1S/C51H33N5.C42H27N/c1-4-14-34(15-5-1)35-24-26-36(27-25-35)37-28-30-40(31-29-37)55-45-22-12-10-20-41(45)43-32-33-44-42-21-11-13-23-46(42)56(48(44)47(43)55)51-53-49(38-16-6-2-7-17-38)52-50(54-51)39-18-8-3-9-19-39;1-2-14-35-33(12-1)34-13-3-4-15-36(34)40-27-31(22-25-37(35)40)30-11-9-10-29(26-30)28-20-23-32(24-21-28)43-41-18-7-5-16-38(41)39-17-6-8-19-42(39)43/h1-33H;1-27H. The quantitative estimate of drug-likeness (QED) is 0.135. The molecule has 0 N–H and O–H groups in total. The Kier molecular flexibility index (Phi) is 13.8. The Labute approximate surface area is 571 Å². The van der Waals surface area contributed by atoms with E-state index in [1.807, 2.05) is 36.4 Å². The number of aromatic nitrogens is 6. The maximum Gasteiger partial charge on any atom is 0.238 e. The van der Waals surface area contributed by atoms with Crippen molar-refractivity contribution < 1.29 is 0 Å². The largest absolute Gasteiger partial charge is 0.309 e. The van der Waals surface area contributed by atoms with Crippen molar-refractivity contribution in [1.29, 1.82) is 0 Å². The molecule has 6 heteroatoms. The minimum atomic E-state index is 0.572. The maximum absolute atomic E-state index is 5.24. The number of rotatable bonds is 9. The van der Waals surface area contributed by atoms with Crippen LogP contribution in [0.1, 0.15) is 0 Å². The summed E-state index contributed by atoms with van der Waals surface area (Å²) in [6.07, 6.45) is 0. The summed E-state index contributed by atoms with van der Waals surface area (Å²) >= 11 is 0. The van der Waals surface area contributed by atoms with E-state index in [9.17, 15) is 0 Å². The molecule has 20 rings (SSSR count). The van der Waals surface area contributed by atoms with Gasteiger partial charge < -0.3 is 9.13 Å². The number of hydrogen-bond acceptors (Lipinski definition) is 3. The van der Waals surface area contributed by atoms with Crippen LogP contribution in [0.2, 0.25) is 0 Å². The second-order valence-electron chi connectivity index (χ2n) is 25.4. The molecular formula is C93H60N6. The summed E-state index contributed by atoms with van der Waals surface area (Å²) in [6, 6.07) is 130. The summed E-state index contributed by atoms with van der Waals surface area (Å²) in [5.41, 5.74) is 20.6. The van der Waals surface area contributed by atoms with Crippen molar-refractivity contribution in [2.75, 3.05) is 0 Å². The van der Waals surface area contributed by atoms with Crippen molar-refractivity contribution in [3.63, 3.8) is 0 Å². The smallest absolute Gasteiger partial charge is 0.238 e. The summed E-state index contributed by atoms with van der Waals surface area (Å²) in [7, 11) is 0. The molecule has 4 aromatic heterocycles. The monoisotopic (exact) mass is 1260 g/mol. The highest BCUT2D eigenvalue weighted by Gasteiger charge is 2.24. The van der Waals surface area contributed by atoms with Crippen LogP contribution >= 0.6 is 0 Å². The topological polar surface area (TPSA) is 53.5 Å². The van der Waals surface area contributed by atoms with E-state index < -0.39 is 0 Å². The Bertz CT molecular complexity index is 6340. The molecule has 0 aliphatic heterocycles. The van der Waals surface area contributed by atoms with E-state index >= 15 is 0 Å². The summed E-state index contributed by atoms with van der Waals surface area (Å²) < 4.78 is 7.02. The highest BCUT2D eigenvalue weighted by molar-refractivity contribution is 6.26. The van der Waals surface area contributed by atoms with Gasteiger partial charge in [0.05, 0.1) is 33.1 Å². The van der Waals surface area contributed by atoms with Crippen LogP contribution in [-0.4, -0.2) is 28.7 Å². The lowest BCUT2D eigenvalue weighted by Crippen LogP contribution is -2.07. The molecule has 0 bridgehead atoms. The summed E-state index contributed by atoms with van der Waals surface area (Å²) in [6.45, 7) is 0.